The van der Waals surface area contributed by atoms with Crippen LogP contribution in [0.5, 0.6) is 0 Å². The lowest BCUT2D eigenvalue weighted by Crippen LogP contribution is -2.34. The molecule has 0 spiro atoms. The van der Waals surface area contributed by atoms with E-state index < -0.39 is 0 Å². The van der Waals surface area contributed by atoms with Crippen LogP contribution < -0.4 is 0 Å². The lowest BCUT2D eigenvalue weighted by atomic mass is 10.1. The van der Waals surface area contributed by atoms with Gasteiger partial charge in [-0.15, -0.1) is 0 Å². The van der Waals surface area contributed by atoms with Gasteiger partial charge < -0.3 is 5.11 Å². The van der Waals surface area contributed by atoms with Crippen LogP contribution in [0.2, 0.25) is 0 Å². The van der Waals surface area contributed by atoms with Crippen molar-refractivity contribution in [1.29, 1.82) is 0 Å². The normalized spacial score (nSPS) is 22.9. The average Bonchev–Trinajstić information content (AvgIpc) is 2.62. The minimum absolute atomic E-state index is 0.270. The first kappa shape index (κ1) is 11.7. The number of aliphatic hydroxyl groups is 1. The second-order valence-corrected chi connectivity index (χ2v) is 4.02. The van der Waals surface area contributed by atoms with Crippen LogP contribution in [0.4, 0.5) is 0 Å². The molecule has 0 aliphatic carbocycles. The Hall–Kier alpha value is -0.410. The summed E-state index contributed by atoms with van der Waals surface area (Å²) in [7, 11) is 0. The number of likely N-dealkylation sites (tertiary alicyclic amines) is 1. The van der Waals surface area contributed by atoms with Crippen LogP contribution in [0.1, 0.15) is 39.0 Å². The fourth-order valence-corrected chi connectivity index (χ4v) is 2.10. The molecule has 3 heteroatoms. The number of aliphatic hydroxyl groups excluding tert-OH is 1. The second-order valence-electron chi connectivity index (χ2n) is 4.02. The van der Waals surface area contributed by atoms with Crippen molar-refractivity contribution in [2.45, 2.75) is 45.1 Å². The molecule has 0 aromatic heterocycles. The van der Waals surface area contributed by atoms with Crippen molar-refractivity contribution in [3.05, 3.63) is 0 Å². The molecule has 0 amide bonds. The van der Waals surface area contributed by atoms with Gasteiger partial charge in [-0.3, -0.25) is 9.69 Å². The minimum atomic E-state index is 0.270. The van der Waals surface area contributed by atoms with Gasteiger partial charge in [0.05, 0.1) is 6.54 Å². The first-order valence-corrected chi connectivity index (χ1v) is 5.64. The maximum Gasteiger partial charge on any atom is 0.146 e. The topological polar surface area (TPSA) is 40.5 Å². The van der Waals surface area contributed by atoms with Crippen molar-refractivity contribution in [2.75, 3.05) is 19.7 Å². The number of nitrogens with zero attached hydrogens (tertiary/aromatic N) is 1. The van der Waals surface area contributed by atoms with Crippen LogP contribution in [0.25, 0.3) is 0 Å². The number of rotatable bonds is 6. The predicted molar refractivity (Wildman–Crippen MR) is 56.2 cm³/mol. The molecule has 1 aliphatic rings. The highest BCUT2D eigenvalue weighted by Crippen LogP contribution is 2.20. The molecule has 0 bridgehead atoms. The zero-order valence-electron chi connectivity index (χ0n) is 9.04. The zero-order chi connectivity index (χ0) is 10.4. The summed E-state index contributed by atoms with van der Waals surface area (Å²) in [6, 6.07) is 0.539. The molecule has 14 heavy (non-hydrogen) atoms. The van der Waals surface area contributed by atoms with E-state index in [9.17, 15) is 4.79 Å². The number of hydrogen-bond donors (Lipinski definition) is 1. The fraction of sp³-hybridized carbons (Fsp3) is 0.909. The molecular weight excluding hydrogens is 178 g/mol. The van der Waals surface area contributed by atoms with Crippen molar-refractivity contribution < 1.29 is 9.90 Å². The summed E-state index contributed by atoms with van der Waals surface area (Å²) in [5.74, 6) is 0.334. The molecule has 0 radical (unpaired) electrons. The summed E-state index contributed by atoms with van der Waals surface area (Å²) in [6.45, 7) is 3.86. The molecule has 1 saturated heterocycles. The summed E-state index contributed by atoms with van der Waals surface area (Å²) in [6.07, 6.45) is 4.93. The van der Waals surface area contributed by atoms with Crippen molar-refractivity contribution in [1.82, 2.24) is 4.90 Å². The lowest BCUT2D eigenvalue weighted by molar-refractivity contribution is -0.120. The number of hydrogen-bond acceptors (Lipinski definition) is 3. The average molecular weight is 199 g/mol. The molecule has 0 saturated carbocycles. The Morgan fingerprint density at radius 2 is 2.36 bits per heavy atom. The molecule has 1 fully saturated rings. The van der Waals surface area contributed by atoms with E-state index in [1.165, 1.54) is 12.8 Å². The van der Waals surface area contributed by atoms with Gasteiger partial charge >= 0.3 is 0 Å². The van der Waals surface area contributed by atoms with E-state index in [1.807, 2.05) is 6.92 Å². The molecule has 1 unspecified atom stereocenters. The van der Waals surface area contributed by atoms with Crippen LogP contribution >= 0.6 is 0 Å². The highest BCUT2D eigenvalue weighted by Gasteiger charge is 2.24. The van der Waals surface area contributed by atoms with Gasteiger partial charge in [0.1, 0.15) is 5.78 Å². The molecule has 82 valence electrons. The van der Waals surface area contributed by atoms with Gasteiger partial charge in [0, 0.05) is 19.1 Å². The highest BCUT2D eigenvalue weighted by atomic mass is 16.2. The van der Waals surface area contributed by atoms with E-state index in [4.69, 9.17) is 5.11 Å². The van der Waals surface area contributed by atoms with Crippen LogP contribution in [-0.2, 0) is 4.79 Å². The Morgan fingerprint density at radius 1 is 1.57 bits per heavy atom. The Bertz CT molecular complexity index is 182. The first-order valence-electron chi connectivity index (χ1n) is 5.64. The van der Waals surface area contributed by atoms with Crippen molar-refractivity contribution in [3.63, 3.8) is 0 Å². The zero-order valence-corrected chi connectivity index (χ0v) is 9.04. The second kappa shape index (κ2) is 6.14. The predicted octanol–water partition coefficient (Wildman–Crippen LogP) is 1.20. The van der Waals surface area contributed by atoms with E-state index >= 15 is 0 Å². The Balaban J connectivity index is 2.31. The van der Waals surface area contributed by atoms with E-state index in [2.05, 4.69) is 4.90 Å². The molecule has 1 atom stereocenters. The summed E-state index contributed by atoms with van der Waals surface area (Å²) in [5.41, 5.74) is 0. The molecule has 1 aliphatic heterocycles. The number of carbonyl (C=O) groups is 1. The van der Waals surface area contributed by atoms with Crippen molar-refractivity contribution in [3.8, 4) is 0 Å². The van der Waals surface area contributed by atoms with Gasteiger partial charge in [0.25, 0.3) is 0 Å². The molecule has 1 rings (SSSR count). The quantitative estimate of drug-likeness (QED) is 0.699. The largest absolute Gasteiger partial charge is 0.396 e. The van der Waals surface area contributed by atoms with Crippen LogP contribution in [0.3, 0.4) is 0 Å². The summed E-state index contributed by atoms with van der Waals surface area (Å²) >= 11 is 0. The number of carbonyl (C=O) groups excluding carboxylic acids is 1. The van der Waals surface area contributed by atoms with Gasteiger partial charge in [0.15, 0.2) is 0 Å². The van der Waals surface area contributed by atoms with E-state index in [-0.39, 0.29) is 6.61 Å². The Morgan fingerprint density at radius 3 is 3.00 bits per heavy atom. The van der Waals surface area contributed by atoms with Gasteiger partial charge in [-0.2, -0.15) is 0 Å². The molecule has 0 aromatic rings. The van der Waals surface area contributed by atoms with Gasteiger partial charge in [-0.1, -0.05) is 6.92 Å². The van der Waals surface area contributed by atoms with Crippen molar-refractivity contribution >= 4 is 5.78 Å². The summed E-state index contributed by atoms with van der Waals surface area (Å²) in [5, 5.41) is 8.76. The first-order chi connectivity index (χ1) is 6.77. The molecule has 1 N–H and O–H groups in total. The SMILES string of the molecule is CCC(=O)CN1CCCC1CCCO. The maximum absolute atomic E-state index is 11.3. The summed E-state index contributed by atoms with van der Waals surface area (Å²) in [4.78, 5) is 13.6. The third-order valence-corrected chi connectivity index (χ3v) is 2.97. The van der Waals surface area contributed by atoms with Crippen LogP contribution in [0, 0.1) is 0 Å². The monoisotopic (exact) mass is 199 g/mol. The van der Waals surface area contributed by atoms with Crippen LogP contribution in [-0.4, -0.2) is 41.5 Å². The summed E-state index contributed by atoms with van der Waals surface area (Å²) < 4.78 is 0. The number of Topliss-reactive ketones (excluding diaryl/α,β-unsaturated/α-hetero) is 1. The smallest absolute Gasteiger partial charge is 0.146 e. The molecule has 0 aromatic carbocycles. The molecular formula is C11H21NO2. The van der Waals surface area contributed by atoms with E-state index in [1.54, 1.807) is 0 Å². The van der Waals surface area contributed by atoms with Crippen molar-refractivity contribution in [2.24, 2.45) is 0 Å². The number of ketones is 1. The van der Waals surface area contributed by atoms with Gasteiger partial charge in [-0.25, -0.2) is 0 Å². The van der Waals surface area contributed by atoms with Crippen LogP contribution in [0.15, 0.2) is 0 Å². The standard InChI is InChI=1S/C11H21NO2/c1-2-11(14)9-12-7-3-5-10(12)6-4-8-13/h10,13H,2-9H2,1H3. The van der Waals surface area contributed by atoms with E-state index in [0.29, 0.717) is 24.8 Å². The third-order valence-electron chi connectivity index (χ3n) is 2.97. The lowest BCUT2D eigenvalue weighted by Gasteiger charge is -2.23. The van der Waals surface area contributed by atoms with Gasteiger partial charge in [-0.05, 0) is 32.2 Å². The minimum Gasteiger partial charge on any atom is -0.396 e. The third kappa shape index (κ3) is 3.39. The van der Waals surface area contributed by atoms with Gasteiger partial charge in [0.2, 0.25) is 0 Å². The maximum atomic E-state index is 11.3. The van der Waals surface area contributed by atoms with E-state index in [0.717, 1.165) is 19.4 Å². The Kier molecular flexibility index (Phi) is 5.12. The fourth-order valence-electron chi connectivity index (χ4n) is 2.10. The Labute approximate surface area is 86.1 Å². The molecule has 3 nitrogen and oxygen atoms in total. The molecule has 1 heterocycles. The highest BCUT2D eigenvalue weighted by molar-refractivity contribution is 5.80.